The van der Waals surface area contributed by atoms with Gasteiger partial charge >= 0.3 is 6.03 Å². The Bertz CT molecular complexity index is 671. The molecular weight excluding hydrogens is 344 g/mol. The Morgan fingerprint density at radius 2 is 2.20 bits per heavy atom. The van der Waals surface area contributed by atoms with E-state index in [-0.39, 0.29) is 10.9 Å². The molecule has 0 bridgehead atoms. The molecule has 3 rings (SSSR count). The van der Waals surface area contributed by atoms with Gasteiger partial charge in [0.2, 0.25) is 0 Å². The molecule has 6 heteroatoms. The second-order valence-electron chi connectivity index (χ2n) is 4.71. The fourth-order valence-corrected chi connectivity index (χ4v) is 2.87. The molecule has 20 heavy (non-hydrogen) atoms. The van der Waals surface area contributed by atoms with Crippen LogP contribution in [-0.2, 0) is 6.54 Å². The molecule has 104 valence electrons. The third kappa shape index (κ3) is 2.43. The molecule has 0 saturated carbocycles. The van der Waals surface area contributed by atoms with Crippen molar-refractivity contribution in [3.63, 3.8) is 0 Å². The van der Waals surface area contributed by atoms with Crippen LogP contribution in [0.1, 0.15) is 21.7 Å². The van der Waals surface area contributed by atoms with Crippen molar-refractivity contribution in [3.8, 4) is 0 Å². The van der Waals surface area contributed by atoms with Gasteiger partial charge in [-0.2, -0.15) is 0 Å². The number of carbonyl (C=O) groups is 1. The number of hydrogen-bond acceptors (Lipinski definition) is 2. The first kappa shape index (κ1) is 13.5. The van der Waals surface area contributed by atoms with Gasteiger partial charge < -0.3 is 14.6 Å². The molecule has 2 amide bonds. The number of anilines is 1. The molecule has 1 aromatic heterocycles. The Morgan fingerprint density at radius 1 is 1.40 bits per heavy atom. The van der Waals surface area contributed by atoms with E-state index in [0.717, 1.165) is 22.6 Å². The first-order chi connectivity index (χ1) is 9.54. The maximum absolute atomic E-state index is 11.6. The van der Waals surface area contributed by atoms with E-state index >= 15 is 0 Å². The van der Waals surface area contributed by atoms with Gasteiger partial charge in [0.25, 0.3) is 0 Å². The first-order valence-electron chi connectivity index (χ1n) is 6.09. The number of carbonyl (C=O) groups excluding carboxylic acids is 1. The second-order valence-corrected chi connectivity index (χ2v) is 6.00. The SMILES string of the molecule is CN1Cc2cc(C(Br)c3ccc(Cl)o3)ccc2NC1=O. The maximum atomic E-state index is 11.6. The van der Waals surface area contributed by atoms with Gasteiger partial charge in [0.15, 0.2) is 5.22 Å². The smallest absolute Gasteiger partial charge is 0.321 e. The number of rotatable bonds is 2. The van der Waals surface area contributed by atoms with Crippen molar-refractivity contribution >= 4 is 39.2 Å². The van der Waals surface area contributed by atoms with Crippen molar-refractivity contribution in [1.82, 2.24) is 4.90 Å². The summed E-state index contributed by atoms with van der Waals surface area (Å²) in [6, 6.07) is 9.40. The Hall–Kier alpha value is -1.46. The van der Waals surface area contributed by atoms with Crippen molar-refractivity contribution in [2.45, 2.75) is 11.4 Å². The lowest BCUT2D eigenvalue weighted by molar-refractivity contribution is 0.218. The molecule has 1 aliphatic heterocycles. The van der Waals surface area contributed by atoms with Gasteiger partial charge in [0.1, 0.15) is 5.76 Å². The van der Waals surface area contributed by atoms with Crippen molar-refractivity contribution in [2.24, 2.45) is 0 Å². The van der Waals surface area contributed by atoms with E-state index in [9.17, 15) is 4.79 Å². The summed E-state index contributed by atoms with van der Waals surface area (Å²) in [6.45, 7) is 0.591. The quantitative estimate of drug-likeness (QED) is 0.812. The predicted octanol–water partition coefficient (Wildman–Crippen LogP) is 4.39. The van der Waals surface area contributed by atoms with Crippen LogP contribution < -0.4 is 5.32 Å². The standard InChI is InChI=1S/C14H12BrClN2O2/c1-18-7-9-6-8(2-3-10(9)17-14(18)19)13(15)11-4-5-12(16)20-11/h2-6,13H,7H2,1H3,(H,17,19). The molecule has 2 heterocycles. The number of halogens is 2. The lowest BCUT2D eigenvalue weighted by Gasteiger charge is -2.26. The fourth-order valence-electron chi connectivity index (χ4n) is 2.19. The zero-order valence-corrected chi connectivity index (χ0v) is 13.0. The summed E-state index contributed by atoms with van der Waals surface area (Å²) in [4.78, 5) is 13.1. The van der Waals surface area contributed by atoms with Gasteiger partial charge in [-0.05, 0) is 40.9 Å². The zero-order chi connectivity index (χ0) is 14.3. The average molecular weight is 356 g/mol. The van der Waals surface area contributed by atoms with E-state index in [1.54, 1.807) is 18.0 Å². The number of furan rings is 1. The van der Waals surface area contributed by atoms with E-state index in [2.05, 4.69) is 27.3 Å². The first-order valence-corrected chi connectivity index (χ1v) is 7.38. The van der Waals surface area contributed by atoms with Crippen molar-refractivity contribution in [2.75, 3.05) is 12.4 Å². The maximum Gasteiger partial charge on any atom is 0.321 e. The van der Waals surface area contributed by atoms with Crippen molar-refractivity contribution < 1.29 is 9.21 Å². The number of nitrogens with zero attached hydrogens (tertiary/aromatic N) is 1. The Morgan fingerprint density at radius 3 is 2.90 bits per heavy atom. The number of amides is 2. The lowest BCUT2D eigenvalue weighted by atomic mass is 10.0. The summed E-state index contributed by atoms with van der Waals surface area (Å²) >= 11 is 9.41. The molecule has 1 aromatic carbocycles. The Kier molecular flexibility index (Phi) is 3.48. The topological polar surface area (TPSA) is 45.5 Å². The van der Waals surface area contributed by atoms with E-state index in [1.165, 1.54) is 0 Å². The average Bonchev–Trinajstić information content (AvgIpc) is 2.85. The molecule has 1 unspecified atom stereocenters. The van der Waals surface area contributed by atoms with Gasteiger partial charge in [0.05, 0.1) is 4.83 Å². The van der Waals surface area contributed by atoms with Crippen LogP contribution in [0.25, 0.3) is 0 Å². The Balaban J connectivity index is 1.92. The predicted molar refractivity (Wildman–Crippen MR) is 81.4 cm³/mol. The molecule has 2 aromatic rings. The highest BCUT2D eigenvalue weighted by Gasteiger charge is 2.21. The van der Waals surface area contributed by atoms with Gasteiger partial charge in [-0.1, -0.05) is 28.1 Å². The third-order valence-corrected chi connectivity index (χ3v) is 4.44. The molecule has 0 saturated heterocycles. The Labute approximate surface area is 129 Å². The molecule has 1 N–H and O–H groups in total. The van der Waals surface area contributed by atoms with E-state index in [0.29, 0.717) is 11.8 Å². The van der Waals surface area contributed by atoms with E-state index < -0.39 is 0 Å². The number of urea groups is 1. The molecule has 0 spiro atoms. The monoisotopic (exact) mass is 354 g/mol. The van der Waals surface area contributed by atoms with Crippen LogP contribution in [0.5, 0.6) is 0 Å². The highest BCUT2D eigenvalue weighted by Crippen LogP contribution is 2.35. The molecule has 0 fully saturated rings. The highest BCUT2D eigenvalue weighted by atomic mass is 79.9. The summed E-state index contributed by atoms with van der Waals surface area (Å²) in [5.74, 6) is 0.753. The van der Waals surface area contributed by atoms with Crippen molar-refractivity contribution in [1.29, 1.82) is 0 Å². The summed E-state index contributed by atoms with van der Waals surface area (Å²) in [5, 5.41) is 3.22. The molecule has 0 radical (unpaired) electrons. The second kappa shape index (κ2) is 5.14. The minimum absolute atomic E-state index is 0.0664. The van der Waals surface area contributed by atoms with Crippen LogP contribution in [0.2, 0.25) is 5.22 Å². The van der Waals surface area contributed by atoms with Crippen LogP contribution in [0, 0.1) is 0 Å². The van der Waals surface area contributed by atoms with Crippen LogP contribution in [0.4, 0.5) is 10.5 Å². The molecular formula is C14H12BrClN2O2. The van der Waals surface area contributed by atoms with E-state index in [1.807, 2.05) is 18.2 Å². The highest BCUT2D eigenvalue weighted by molar-refractivity contribution is 9.09. The number of nitrogens with one attached hydrogen (secondary N) is 1. The summed E-state index contributed by atoms with van der Waals surface area (Å²) < 4.78 is 5.42. The van der Waals surface area contributed by atoms with Gasteiger partial charge in [-0.25, -0.2) is 4.79 Å². The molecule has 4 nitrogen and oxygen atoms in total. The van der Waals surface area contributed by atoms with Gasteiger partial charge in [0, 0.05) is 19.3 Å². The minimum atomic E-state index is -0.0848. The summed E-state index contributed by atoms with van der Waals surface area (Å²) in [7, 11) is 1.77. The summed E-state index contributed by atoms with van der Waals surface area (Å²) in [6.07, 6.45) is 0. The number of alkyl halides is 1. The third-order valence-electron chi connectivity index (χ3n) is 3.26. The van der Waals surface area contributed by atoms with Crippen LogP contribution in [-0.4, -0.2) is 18.0 Å². The zero-order valence-electron chi connectivity index (χ0n) is 10.7. The fraction of sp³-hybridized carbons (Fsp3) is 0.214. The number of hydrogen-bond donors (Lipinski definition) is 1. The molecule has 0 aliphatic carbocycles. The van der Waals surface area contributed by atoms with Crippen LogP contribution >= 0.6 is 27.5 Å². The van der Waals surface area contributed by atoms with Crippen molar-refractivity contribution in [3.05, 3.63) is 52.4 Å². The lowest BCUT2D eigenvalue weighted by Crippen LogP contribution is -2.35. The van der Waals surface area contributed by atoms with Gasteiger partial charge in [-0.3, -0.25) is 0 Å². The molecule has 1 aliphatic rings. The number of benzene rings is 1. The van der Waals surface area contributed by atoms with Gasteiger partial charge in [-0.15, -0.1) is 0 Å². The van der Waals surface area contributed by atoms with Crippen LogP contribution in [0.3, 0.4) is 0 Å². The normalized spacial score (nSPS) is 15.8. The summed E-state index contributed by atoms with van der Waals surface area (Å²) in [5.41, 5.74) is 2.99. The largest absolute Gasteiger partial charge is 0.448 e. The number of fused-ring (bicyclic) bond motifs is 1. The van der Waals surface area contributed by atoms with E-state index in [4.69, 9.17) is 16.0 Å². The molecule has 1 atom stereocenters. The van der Waals surface area contributed by atoms with Crippen LogP contribution in [0.15, 0.2) is 34.7 Å². The minimum Gasteiger partial charge on any atom is -0.448 e.